The molecule has 0 aromatic heterocycles. The van der Waals surface area contributed by atoms with Gasteiger partial charge in [0.25, 0.3) is 5.91 Å². The van der Waals surface area contributed by atoms with Crippen LogP contribution in [0.2, 0.25) is 10.0 Å². The summed E-state index contributed by atoms with van der Waals surface area (Å²) < 4.78 is 44.9. The predicted molar refractivity (Wildman–Crippen MR) is 104 cm³/mol. The zero-order chi connectivity index (χ0) is 20.3. The molecule has 0 saturated carbocycles. The number of halogens is 3. The molecule has 1 fully saturated rings. The van der Waals surface area contributed by atoms with E-state index in [0.717, 1.165) is 12.1 Å². The van der Waals surface area contributed by atoms with Crippen molar-refractivity contribution >= 4 is 39.1 Å². The third-order valence-corrected chi connectivity index (χ3v) is 6.81. The monoisotopic (exact) mass is 446 g/mol. The topological polar surface area (TPSA) is 66.9 Å². The molecule has 2 aromatic rings. The van der Waals surface area contributed by atoms with Crippen molar-refractivity contribution in [2.24, 2.45) is 0 Å². The van der Waals surface area contributed by atoms with Crippen LogP contribution in [0.3, 0.4) is 0 Å². The maximum Gasteiger partial charge on any atom is 0.260 e. The van der Waals surface area contributed by atoms with E-state index in [2.05, 4.69) is 0 Å². The van der Waals surface area contributed by atoms with E-state index in [9.17, 15) is 17.6 Å². The van der Waals surface area contributed by atoms with Crippen molar-refractivity contribution in [3.8, 4) is 5.75 Å². The van der Waals surface area contributed by atoms with Gasteiger partial charge in [-0.25, -0.2) is 12.8 Å². The molecule has 0 N–H and O–H groups in total. The van der Waals surface area contributed by atoms with Crippen LogP contribution in [-0.4, -0.2) is 56.3 Å². The third kappa shape index (κ3) is 4.57. The second-order valence-electron chi connectivity index (χ2n) is 6.08. The van der Waals surface area contributed by atoms with Gasteiger partial charge in [0.1, 0.15) is 5.82 Å². The second kappa shape index (κ2) is 8.65. The molecule has 6 nitrogen and oxygen atoms in total. The van der Waals surface area contributed by atoms with E-state index >= 15 is 0 Å². The Hall–Kier alpha value is -1.87. The van der Waals surface area contributed by atoms with Gasteiger partial charge in [0, 0.05) is 26.2 Å². The van der Waals surface area contributed by atoms with E-state index in [-0.39, 0.29) is 49.3 Å². The summed E-state index contributed by atoms with van der Waals surface area (Å²) in [7, 11) is -3.73. The average molecular weight is 447 g/mol. The number of rotatable bonds is 5. The fraction of sp³-hybridized carbons (Fsp3) is 0.278. The van der Waals surface area contributed by atoms with Crippen molar-refractivity contribution in [3.63, 3.8) is 0 Å². The molecule has 0 unspecified atom stereocenters. The van der Waals surface area contributed by atoms with Crippen molar-refractivity contribution in [1.29, 1.82) is 0 Å². The number of hydrogen-bond acceptors (Lipinski definition) is 4. The third-order valence-electron chi connectivity index (χ3n) is 4.30. The van der Waals surface area contributed by atoms with Gasteiger partial charge in [0.15, 0.2) is 12.4 Å². The molecule has 1 amide bonds. The zero-order valence-electron chi connectivity index (χ0n) is 14.6. The van der Waals surface area contributed by atoms with Gasteiger partial charge in [0.05, 0.1) is 14.9 Å². The van der Waals surface area contributed by atoms with Crippen LogP contribution in [0.4, 0.5) is 4.39 Å². The minimum absolute atomic E-state index is 0.0189. The van der Waals surface area contributed by atoms with Gasteiger partial charge in [-0.2, -0.15) is 4.31 Å². The molecular formula is C18H17Cl2FN2O4S. The number of ether oxygens (including phenoxy) is 1. The molecule has 1 saturated heterocycles. The van der Waals surface area contributed by atoms with E-state index < -0.39 is 15.8 Å². The Morgan fingerprint density at radius 3 is 2.14 bits per heavy atom. The quantitative estimate of drug-likeness (QED) is 0.707. The molecule has 1 aliphatic heterocycles. The molecule has 0 bridgehead atoms. The summed E-state index contributed by atoms with van der Waals surface area (Å²) in [5.74, 6) is -0.570. The molecule has 150 valence electrons. The number of amides is 1. The fourth-order valence-corrected chi connectivity index (χ4v) is 4.71. The van der Waals surface area contributed by atoms with Gasteiger partial charge in [-0.15, -0.1) is 0 Å². The lowest BCUT2D eigenvalue weighted by molar-refractivity contribution is -0.134. The normalized spacial score (nSPS) is 15.5. The lowest BCUT2D eigenvalue weighted by atomic mass is 10.3. The molecule has 3 rings (SSSR count). The summed E-state index contributed by atoms with van der Waals surface area (Å²) in [4.78, 5) is 13.9. The average Bonchev–Trinajstić information content (AvgIpc) is 2.68. The highest BCUT2D eigenvalue weighted by Gasteiger charge is 2.30. The standard InChI is InChI=1S/C18H17Cl2FN2O4S/c19-15-2-1-3-16(20)18(15)27-12-17(24)22-8-10-23(11-9-22)28(25,26)14-6-4-13(21)5-7-14/h1-7H,8-12H2. The van der Waals surface area contributed by atoms with Crippen molar-refractivity contribution in [2.75, 3.05) is 32.8 Å². The largest absolute Gasteiger partial charge is 0.481 e. The number of carbonyl (C=O) groups is 1. The number of sulfonamides is 1. The van der Waals surface area contributed by atoms with Crippen molar-refractivity contribution < 1.29 is 22.3 Å². The lowest BCUT2D eigenvalue weighted by Crippen LogP contribution is -2.51. The molecule has 28 heavy (non-hydrogen) atoms. The Balaban J connectivity index is 1.57. The second-order valence-corrected chi connectivity index (χ2v) is 8.83. The summed E-state index contributed by atoms with van der Waals surface area (Å²) >= 11 is 12.0. The summed E-state index contributed by atoms with van der Waals surface area (Å²) in [6, 6.07) is 9.53. The summed E-state index contributed by atoms with van der Waals surface area (Å²) in [5, 5.41) is 0.603. The van der Waals surface area contributed by atoms with E-state index in [1.54, 1.807) is 18.2 Å². The SMILES string of the molecule is O=C(COc1c(Cl)cccc1Cl)N1CCN(S(=O)(=O)c2ccc(F)cc2)CC1. The van der Waals surface area contributed by atoms with Gasteiger partial charge in [-0.1, -0.05) is 29.3 Å². The fourth-order valence-electron chi connectivity index (χ4n) is 2.78. The van der Waals surface area contributed by atoms with Crippen LogP contribution in [0.25, 0.3) is 0 Å². The number of carbonyl (C=O) groups excluding carboxylic acids is 1. The lowest BCUT2D eigenvalue weighted by Gasteiger charge is -2.34. The van der Waals surface area contributed by atoms with E-state index in [1.165, 1.54) is 21.3 Å². The Labute approximate surface area is 172 Å². The van der Waals surface area contributed by atoms with E-state index in [0.29, 0.717) is 10.0 Å². The highest BCUT2D eigenvalue weighted by Crippen LogP contribution is 2.32. The van der Waals surface area contributed by atoms with Crippen LogP contribution < -0.4 is 4.74 Å². The molecule has 10 heteroatoms. The number of para-hydroxylation sites is 1. The Morgan fingerprint density at radius 2 is 1.57 bits per heavy atom. The first-order valence-corrected chi connectivity index (χ1v) is 10.6. The van der Waals surface area contributed by atoms with Gasteiger partial charge in [-0.3, -0.25) is 4.79 Å². The van der Waals surface area contributed by atoms with Crippen LogP contribution in [-0.2, 0) is 14.8 Å². The Bertz CT molecular complexity index is 942. The molecule has 1 heterocycles. The Morgan fingerprint density at radius 1 is 1.00 bits per heavy atom. The van der Waals surface area contributed by atoms with Crippen LogP contribution in [0, 0.1) is 5.82 Å². The first-order valence-electron chi connectivity index (χ1n) is 8.39. The van der Waals surface area contributed by atoms with Gasteiger partial charge < -0.3 is 9.64 Å². The van der Waals surface area contributed by atoms with E-state index in [4.69, 9.17) is 27.9 Å². The van der Waals surface area contributed by atoms with Crippen LogP contribution in [0.5, 0.6) is 5.75 Å². The van der Waals surface area contributed by atoms with Gasteiger partial charge in [-0.05, 0) is 36.4 Å². The summed E-state index contributed by atoms with van der Waals surface area (Å²) in [5.41, 5.74) is 0. The van der Waals surface area contributed by atoms with Crippen molar-refractivity contribution in [3.05, 3.63) is 58.3 Å². The first-order chi connectivity index (χ1) is 13.3. The zero-order valence-corrected chi connectivity index (χ0v) is 17.0. The smallest absolute Gasteiger partial charge is 0.260 e. The maximum atomic E-state index is 13.0. The minimum atomic E-state index is -3.73. The highest BCUT2D eigenvalue weighted by atomic mass is 35.5. The highest BCUT2D eigenvalue weighted by molar-refractivity contribution is 7.89. The summed E-state index contributed by atoms with van der Waals surface area (Å²) in [6.07, 6.45) is 0. The molecule has 2 aromatic carbocycles. The first kappa shape index (κ1) is 20.9. The van der Waals surface area contributed by atoms with Crippen LogP contribution in [0.1, 0.15) is 0 Å². The predicted octanol–water partition coefficient (Wildman–Crippen LogP) is 3.04. The van der Waals surface area contributed by atoms with Gasteiger partial charge >= 0.3 is 0 Å². The van der Waals surface area contributed by atoms with Crippen molar-refractivity contribution in [2.45, 2.75) is 4.90 Å². The summed E-state index contributed by atoms with van der Waals surface area (Å²) in [6.45, 7) is 0.461. The number of benzene rings is 2. The minimum Gasteiger partial charge on any atom is -0.481 e. The van der Waals surface area contributed by atoms with Crippen LogP contribution >= 0.6 is 23.2 Å². The molecule has 1 aliphatic rings. The van der Waals surface area contributed by atoms with Gasteiger partial charge in [0.2, 0.25) is 10.0 Å². The number of nitrogens with zero attached hydrogens (tertiary/aromatic N) is 2. The number of piperazine rings is 1. The molecule has 0 radical (unpaired) electrons. The Kier molecular flexibility index (Phi) is 6.44. The number of hydrogen-bond donors (Lipinski definition) is 0. The molecular weight excluding hydrogens is 430 g/mol. The van der Waals surface area contributed by atoms with E-state index in [1.807, 2.05) is 0 Å². The molecule has 0 spiro atoms. The van der Waals surface area contributed by atoms with Crippen molar-refractivity contribution in [1.82, 2.24) is 9.21 Å². The maximum absolute atomic E-state index is 13.0. The molecule has 0 atom stereocenters. The molecule has 0 aliphatic carbocycles. The van der Waals surface area contributed by atoms with Crippen LogP contribution in [0.15, 0.2) is 47.4 Å².